The Kier molecular flexibility index (Phi) is 4.75. The summed E-state index contributed by atoms with van der Waals surface area (Å²) in [5, 5.41) is 3.82. The fourth-order valence-electron chi connectivity index (χ4n) is 1.54. The summed E-state index contributed by atoms with van der Waals surface area (Å²) in [5.74, 6) is 0. The highest BCUT2D eigenvalue weighted by molar-refractivity contribution is 9.10. The molecule has 0 amide bonds. The summed E-state index contributed by atoms with van der Waals surface area (Å²) in [7, 11) is -3.53. The van der Waals surface area contributed by atoms with E-state index in [-0.39, 0.29) is 11.4 Å². The predicted octanol–water partition coefficient (Wildman–Crippen LogP) is 2.45. The lowest BCUT2D eigenvalue weighted by Gasteiger charge is -2.09. The van der Waals surface area contributed by atoms with Gasteiger partial charge in [0.1, 0.15) is 0 Å². The van der Waals surface area contributed by atoms with Crippen molar-refractivity contribution < 1.29 is 8.42 Å². The fourth-order valence-corrected chi connectivity index (χ4v) is 4.35. The zero-order valence-corrected chi connectivity index (χ0v) is 13.2. The van der Waals surface area contributed by atoms with Crippen LogP contribution in [0, 0.1) is 0 Å². The molecule has 7 heteroatoms. The summed E-state index contributed by atoms with van der Waals surface area (Å²) < 4.78 is 27.5. The van der Waals surface area contributed by atoms with Crippen molar-refractivity contribution >= 4 is 37.3 Å². The van der Waals surface area contributed by atoms with Gasteiger partial charge in [0.05, 0.1) is 4.90 Å². The number of rotatable bonds is 5. The van der Waals surface area contributed by atoms with Gasteiger partial charge in [-0.2, -0.15) is 11.3 Å². The maximum absolute atomic E-state index is 12.2. The minimum Gasteiger partial charge on any atom is -0.326 e. The smallest absolute Gasteiger partial charge is 0.241 e. The van der Waals surface area contributed by atoms with Crippen molar-refractivity contribution in [3.8, 4) is 0 Å². The Bertz CT molecular complexity index is 654. The average Bonchev–Trinajstić information content (AvgIpc) is 2.89. The molecule has 0 saturated heterocycles. The molecule has 2 aromatic rings. The van der Waals surface area contributed by atoms with Crippen LogP contribution in [-0.2, 0) is 23.1 Å². The van der Waals surface area contributed by atoms with E-state index in [2.05, 4.69) is 20.7 Å². The van der Waals surface area contributed by atoms with Gasteiger partial charge in [-0.15, -0.1) is 0 Å². The minimum absolute atomic E-state index is 0.222. The highest BCUT2D eigenvalue weighted by Crippen LogP contribution is 2.23. The number of hydrogen-bond donors (Lipinski definition) is 2. The normalized spacial score (nSPS) is 11.7. The molecule has 102 valence electrons. The van der Waals surface area contributed by atoms with Crippen LogP contribution >= 0.6 is 27.3 Å². The second-order valence-electron chi connectivity index (χ2n) is 3.93. The van der Waals surface area contributed by atoms with Gasteiger partial charge in [-0.3, -0.25) is 0 Å². The highest BCUT2D eigenvalue weighted by Gasteiger charge is 2.17. The third-order valence-corrected chi connectivity index (χ3v) is 5.68. The first kappa shape index (κ1) is 14.7. The maximum atomic E-state index is 12.2. The Balaban J connectivity index is 2.19. The number of nitrogens with one attached hydrogen (secondary N) is 1. The molecule has 0 radical (unpaired) electrons. The van der Waals surface area contributed by atoms with Crippen molar-refractivity contribution in [2.24, 2.45) is 5.73 Å². The van der Waals surface area contributed by atoms with Gasteiger partial charge in [0.15, 0.2) is 0 Å². The van der Waals surface area contributed by atoms with Crippen LogP contribution in [-0.4, -0.2) is 8.42 Å². The van der Waals surface area contributed by atoms with E-state index in [1.165, 1.54) is 11.3 Å². The quantitative estimate of drug-likeness (QED) is 0.859. The number of hydrogen-bond acceptors (Lipinski definition) is 4. The summed E-state index contributed by atoms with van der Waals surface area (Å²) in [6, 6.07) is 6.88. The Morgan fingerprint density at radius 2 is 2.05 bits per heavy atom. The molecule has 19 heavy (non-hydrogen) atoms. The zero-order valence-electron chi connectivity index (χ0n) is 9.97. The lowest BCUT2D eigenvalue weighted by molar-refractivity contribution is 0.581. The van der Waals surface area contributed by atoms with Gasteiger partial charge in [-0.1, -0.05) is 6.07 Å². The monoisotopic (exact) mass is 360 g/mol. The molecule has 0 atom stereocenters. The van der Waals surface area contributed by atoms with Crippen molar-refractivity contribution in [2.45, 2.75) is 18.0 Å². The van der Waals surface area contributed by atoms with Gasteiger partial charge in [0.2, 0.25) is 10.0 Å². The standard InChI is InChI=1S/C12H13BrN2O2S2/c13-11-5-9(6-14)1-2-12(11)19(16,17)15-7-10-3-4-18-8-10/h1-5,8,15H,6-7,14H2. The van der Waals surface area contributed by atoms with Crippen LogP contribution in [0.15, 0.2) is 44.4 Å². The highest BCUT2D eigenvalue weighted by atomic mass is 79.9. The molecule has 0 bridgehead atoms. The van der Waals surface area contributed by atoms with Gasteiger partial charge in [0, 0.05) is 17.6 Å². The lowest BCUT2D eigenvalue weighted by atomic mass is 10.2. The second kappa shape index (κ2) is 6.15. The Morgan fingerprint density at radius 3 is 2.63 bits per heavy atom. The number of nitrogens with two attached hydrogens (primary N) is 1. The van der Waals surface area contributed by atoms with Gasteiger partial charge in [0.25, 0.3) is 0 Å². The fraction of sp³-hybridized carbons (Fsp3) is 0.167. The third kappa shape index (κ3) is 3.64. The molecule has 0 aliphatic rings. The van der Waals surface area contributed by atoms with Crippen molar-refractivity contribution in [1.82, 2.24) is 4.72 Å². The van der Waals surface area contributed by atoms with Gasteiger partial charge >= 0.3 is 0 Å². The number of sulfonamides is 1. The number of halogens is 1. The van der Waals surface area contributed by atoms with Crippen LogP contribution in [0.2, 0.25) is 0 Å². The summed E-state index contributed by atoms with van der Waals surface area (Å²) in [6.07, 6.45) is 0. The van der Waals surface area contributed by atoms with Gasteiger partial charge in [-0.25, -0.2) is 13.1 Å². The van der Waals surface area contributed by atoms with Gasteiger partial charge < -0.3 is 5.73 Å². The molecule has 2 rings (SSSR count). The SMILES string of the molecule is NCc1ccc(S(=O)(=O)NCc2ccsc2)c(Br)c1. The van der Waals surface area contributed by atoms with Crippen molar-refractivity contribution in [3.05, 3.63) is 50.6 Å². The zero-order chi connectivity index (χ0) is 13.9. The van der Waals surface area contributed by atoms with Crippen molar-refractivity contribution in [3.63, 3.8) is 0 Å². The van der Waals surface area contributed by atoms with E-state index in [1.807, 2.05) is 16.8 Å². The molecule has 4 nitrogen and oxygen atoms in total. The van der Waals surface area contributed by atoms with E-state index < -0.39 is 10.0 Å². The number of benzene rings is 1. The molecule has 0 spiro atoms. The van der Waals surface area contributed by atoms with Crippen LogP contribution in [0.1, 0.15) is 11.1 Å². The molecule has 0 aliphatic carbocycles. The van der Waals surface area contributed by atoms with E-state index in [0.717, 1.165) is 11.1 Å². The van der Waals surface area contributed by atoms with E-state index in [0.29, 0.717) is 11.0 Å². The molecule has 1 heterocycles. The molecular weight excluding hydrogens is 348 g/mol. The lowest BCUT2D eigenvalue weighted by Crippen LogP contribution is -2.23. The van der Waals surface area contributed by atoms with Gasteiger partial charge in [-0.05, 0) is 56.0 Å². The molecule has 3 N–H and O–H groups in total. The molecule has 0 unspecified atom stereocenters. The summed E-state index contributed by atoms with van der Waals surface area (Å²) in [4.78, 5) is 0.222. The first-order valence-corrected chi connectivity index (χ1v) is 8.74. The van der Waals surface area contributed by atoms with E-state index >= 15 is 0 Å². The minimum atomic E-state index is -3.53. The van der Waals surface area contributed by atoms with Crippen LogP contribution in [0.5, 0.6) is 0 Å². The van der Waals surface area contributed by atoms with Crippen LogP contribution < -0.4 is 10.5 Å². The van der Waals surface area contributed by atoms with Crippen molar-refractivity contribution in [2.75, 3.05) is 0 Å². The molecule has 0 fully saturated rings. The van der Waals surface area contributed by atoms with Crippen LogP contribution in [0.4, 0.5) is 0 Å². The van der Waals surface area contributed by atoms with E-state index in [1.54, 1.807) is 18.2 Å². The predicted molar refractivity (Wildman–Crippen MR) is 80.4 cm³/mol. The first-order valence-electron chi connectivity index (χ1n) is 5.52. The van der Waals surface area contributed by atoms with Crippen molar-refractivity contribution in [1.29, 1.82) is 0 Å². The van der Waals surface area contributed by atoms with E-state index in [9.17, 15) is 8.42 Å². The maximum Gasteiger partial charge on any atom is 0.241 e. The van der Waals surface area contributed by atoms with Crippen LogP contribution in [0.25, 0.3) is 0 Å². The second-order valence-corrected chi connectivity index (χ2v) is 7.29. The first-order chi connectivity index (χ1) is 9.03. The Morgan fingerprint density at radius 1 is 1.26 bits per heavy atom. The molecule has 1 aromatic carbocycles. The Hall–Kier alpha value is -0.730. The number of thiophene rings is 1. The average molecular weight is 361 g/mol. The largest absolute Gasteiger partial charge is 0.326 e. The molecular formula is C12H13BrN2O2S2. The third-order valence-electron chi connectivity index (χ3n) is 2.57. The topological polar surface area (TPSA) is 72.2 Å². The Labute approximate surface area is 124 Å². The van der Waals surface area contributed by atoms with Crippen LogP contribution in [0.3, 0.4) is 0 Å². The molecule has 0 aliphatic heterocycles. The summed E-state index contributed by atoms with van der Waals surface area (Å²) >= 11 is 4.81. The molecule has 0 saturated carbocycles. The summed E-state index contributed by atoms with van der Waals surface area (Å²) in [5.41, 5.74) is 7.34. The summed E-state index contributed by atoms with van der Waals surface area (Å²) in [6.45, 7) is 0.665. The van der Waals surface area contributed by atoms with E-state index in [4.69, 9.17) is 5.73 Å². The molecule has 1 aromatic heterocycles.